The Hall–Kier alpha value is -1.94. The Morgan fingerprint density at radius 3 is 2.20 bits per heavy atom. The highest BCUT2D eigenvalue weighted by Gasteiger charge is 2.39. The van der Waals surface area contributed by atoms with Gasteiger partial charge in [0.25, 0.3) is 11.8 Å². The highest BCUT2D eigenvalue weighted by Crippen LogP contribution is 2.31. The lowest BCUT2D eigenvalue weighted by atomic mass is 9.83. The van der Waals surface area contributed by atoms with E-state index in [1.165, 1.54) is 4.90 Å². The molecule has 1 atom stereocenters. The van der Waals surface area contributed by atoms with Crippen LogP contribution < -0.4 is 0 Å². The quantitative estimate of drug-likeness (QED) is 0.639. The van der Waals surface area contributed by atoms with Gasteiger partial charge in [-0.3, -0.25) is 14.5 Å². The molecular weight excluding hydrogens is 254 g/mol. The number of amides is 2. The van der Waals surface area contributed by atoms with Crippen LogP contribution in [-0.2, 0) is 0 Å². The molecule has 1 aromatic rings. The van der Waals surface area contributed by atoms with Crippen molar-refractivity contribution < 1.29 is 14.7 Å². The Bertz CT molecular complexity index is 517. The Morgan fingerprint density at radius 2 is 1.80 bits per heavy atom. The van der Waals surface area contributed by atoms with Gasteiger partial charge in [0.15, 0.2) is 0 Å². The van der Waals surface area contributed by atoms with Crippen LogP contribution in [0.5, 0.6) is 0 Å². The van der Waals surface area contributed by atoms with Crippen molar-refractivity contribution in [2.75, 3.05) is 13.2 Å². The first-order valence-electron chi connectivity index (χ1n) is 6.78. The number of hydrogen-bond donors (Lipinski definition) is 1. The minimum atomic E-state index is -0.623. The summed E-state index contributed by atoms with van der Waals surface area (Å²) >= 11 is 0. The Balaban J connectivity index is 2.30. The summed E-state index contributed by atoms with van der Waals surface area (Å²) < 4.78 is 0. The van der Waals surface area contributed by atoms with Gasteiger partial charge in [0.2, 0.25) is 0 Å². The third-order valence-electron chi connectivity index (χ3n) is 3.85. The maximum absolute atomic E-state index is 12.3. The average molecular weight is 273 g/mol. The second-order valence-electron chi connectivity index (χ2n) is 5.22. The summed E-state index contributed by atoms with van der Waals surface area (Å²) in [5.74, 6) is -0.581. The van der Waals surface area contributed by atoms with Gasteiger partial charge < -0.3 is 5.11 Å². The minimum absolute atomic E-state index is 0.127. The highest BCUT2D eigenvalue weighted by molar-refractivity contribution is 6.21. The molecule has 1 aromatic carbocycles. The zero-order valence-corrected chi connectivity index (χ0v) is 11.6. The first-order chi connectivity index (χ1) is 9.58. The molecule has 0 aromatic heterocycles. The van der Waals surface area contributed by atoms with Gasteiger partial charge in [-0.1, -0.05) is 31.6 Å². The molecule has 0 saturated carbocycles. The van der Waals surface area contributed by atoms with E-state index in [2.05, 4.69) is 6.58 Å². The summed E-state index contributed by atoms with van der Waals surface area (Å²) in [4.78, 5) is 25.8. The third-order valence-corrected chi connectivity index (χ3v) is 3.85. The fourth-order valence-corrected chi connectivity index (χ4v) is 2.63. The lowest BCUT2D eigenvalue weighted by Gasteiger charge is -2.31. The predicted octanol–water partition coefficient (Wildman–Crippen LogP) is 2.25. The summed E-state index contributed by atoms with van der Waals surface area (Å²) in [5, 5.41) is 9.64. The van der Waals surface area contributed by atoms with Crippen molar-refractivity contribution in [3.63, 3.8) is 0 Å². The van der Waals surface area contributed by atoms with Crippen LogP contribution in [0.2, 0.25) is 0 Å². The lowest BCUT2D eigenvalue weighted by molar-refractivity contribution is 0.0532. The zero-order valence-electron chi connectivity index (χ0n) is 11.6. The standard InChI is InChI=1S/C16H19NO3/c1-3-9-16(4-2,11-18)10-17-14(19)12-7-5-6-8-13(12)15(17)20/h4-8,18H,2-3,9-11H2,1H3. The van der Waals surface area contributed by atoms with Crippen LogP contribution in [0.25, 0.3) is 0 Å². The first-order valence-corrected chi connectivity index (χ1v) is 6.78. The van der Waals surface area contributed by atoms with Crippen molar-refractivity contribution in [3.8, 4) is 0 Å². The van der Waals surface area contributed by atoms with Gasteiger partial charge in [-0.05, 0) is 18.6 Å². The van der Waals surface area contributed by atoms with Crippen LogP contribution in [0, 0.1) is 5.41 Å². The second-order valence-corrected chi connectivity index (χ2v) is 5.22. The molecule has 1 aliphatic heterocycles. The predicted molar refractivity (Wildman–Crippen MR) is 76.4 cm³/mol. The Labute approximate surface area is 118 Å². The first kappa shape index (κ1) is 14.5. The second kappa shape index (κ2) is 5.59. The molecule has 4 nitrogen and oxygen atoms in total. The van der Waals surface area contributed by atoms with Crippen molar-refractivity contribution in [2.24, 2.45) is 5.41 Å². The summed E-state index contributed by atoms with van der Waals surface area (Å²) in [6, 6.07) is 6.80. The normalized spacial score (nSPS) is 17.0. The number of aliphatic hydroxyl groups is 1. The monoisotopic (exact) mass is 273 g/mol. The Kier molecular flexibility index (Phi) is 4.04. The molecule has 0 spiro atoms. The van der Waals surface area contributed by atoms with E-state index >= 15 is 0 Å². The smallest absolute Gasteiger partial charge is 0.261 e. The number of nitrogens with zero attached hydrogens (tertiary/aromatic N) is 1. The highest BCUT2D eigenvalue weighted by atomic mass is 16.3. The van der Waals surface area contributed by atoms with Crippen LogP contribution in [0.15, 0.2) is 36.9 Å². The van der Waals surface area contributed by atoms with Crippen LogP contribution >= 0.6 is 0 Å². The average Bonchev–Trinajstić information content (AvgIpc) is 2.72. The summed E-state index contributed by atoms with van der Waals surface area (Å²) in [6.07, 6.45) is 3.18. The number of rotatable bonds is 6. The van der Waals surface area contributed by atoms with E-state index < -0.39 is 5.41 Å². The fourth-order valence-electron chi connectivity index (χ4n) is 2.63. The minimum Gasteiger partial charge on any atom is -0.395 e. The molecule has 0 saturated heterocycles. The van der Waals surface area contributed by atoms with Gasteiger partial charge >= 0.3 is 0 Å². The van der Waals surface area contributed by atoms with Crippen molar-refractivity contribution in [3.05, 3.63) is 48.0 Å². The van der Waals surface area contributed by atoms with E-state index in [1.54, 1.807) is 30.3 Å². The number of fused-ring (bicyclic) bond motifs is 1. The third kappa shape index (κ3) is 2.27. The maximum atomic E-state index is 12.3. The van der Waals surface area contributed by atoms with Gasteiger partial charge in [0.05, 0.1) is 17.7 Å². The Morgan fingerprint density at radius 1 is 1.25 bits per heavy atom. The van der Waals surface area contributed by atoms with Crippen LogP contribution in [0.1, 0.15) is 40.5 Å². The molecule has 0 radical (unpaired) electrons. The van der Waals surface area contributed by atoms with Crippen LogP contribution in [0.4, 0.5) is 0 Å². The summed E-state index contributed by atoms with van der Waals surface area (Å²) in [5.41, 5.74) is 0.247. The molecule has 106 valence electrons. The van der Waals surface area contributed by atoms with Crippen molar-refractivity contribution >= 4 is 11.8 Å². The van der Waals surface area contributed by atoms with Gasteiger partial charge in [0.1, 0.15) is 0 Å². The topological polar surface area (TPSA) is 57.6 Å². The van der Waals surface area contributed by atoms with Gasteiger partial charge in [-0.2, -0.15) is 0 Å². The number of carbonyl (C=O) groups excluding carboxylic acids is 2. The number of benzene rings is 1. The number of imide groups is 1. The van der Waals surface area contributed by atoms with E-state index in [4.69, 9.17) is 0 Å². The number of hydrogen-bond acceptors (Lipinski definition) is 3. The van der Waals surface area contributed by atoms with E-state index in [1.807, 2.05) is 6.92 Å². The molecule has 4 heteroatoms. The molecule has 0 fully saturated rings. The maximum Gasteiger partial charge on any atom is 0.261 e. The lowest BCUT2D eigenvalue weighted by Crippen LogP contribution is -2.42. The summed E-state index contributed by atoms with van der Waals surface area (Å²) in [6.45, 7) is 5.80. The molecule has 2 amide bonds. The van der Waals surface area contributed by atoms with Crippen molar-refractivity contribution in [1.82, 2.24) is 4.90 Å². The SMILES string of the molecule is C=CC(CO)(CCC)CN1C(=O)c2ccccc2C1=O. The van der Waals surface area contributed by atoms with Crippen molar-refractivity contribution in [2.45, 2.75) is 19.8 Å². The summed E-state index contributed by atoms with van der Waals surface area (Å²) in [7, 11) is 0. The number of carbonyl (C=O) groups is 2. The molecular formula is C16H19NO3. The van der Waals surface area contributed by atoms with E-state index in [0.29, 0.717) is 17.5 Å². The molecule has 1 heterocycles. The van der Waals surface area contributed by atoms with Gasteiger partial charge in [-0.25, -0.2) is 0 Å². The van der Waals surface area contributed by atoms with E-state index in [9.17, 15) is 14.7 Å². The fraction of sp³-hybridized carbons (Fsp3) is 0.375. The molecule has 0 aliphatic carbocycles. The zero-order chi connectivity index (χ0) is 14.8. The van der Waals surface area contributed by atoms with Crippen molar-refractivity contribution in [1.29, 1.82) is 0 Å². The van der Waals surface area contributed by atoms with E-state index in [0.717, 1.165) is 6.42 Å². The molecule has 1 aliphatic rings. The molecule has 0 bridgehead atoms. The van der Waals surface area contributed by atoms with Crippen LogP contribution in [0.3, 0.4) is 0 Å². The molecule has 2 rings (SSSR count). The van der Waals surface area contributed by atoms with Crippen LogP contribution in [-0.4, -0.2) is 35.0 Å². The molecule has 1 N–H and O–H groups in total. The molecule has 1 unspecified atom stereocenters. The largest absolute Gasteiger partial charge is 0.395 e. The number of aliphatic hydroxyl groups excluding tert-OH is 1. The molecule has 20 heavy (non-hydrogen) atoms. The van der Waals surface area contributed by atoms with E-state index in [-0.39, 0.29) is 25.0 Å². The van der Waals surface area contributed by atoms with Gasteiger partial charge in [-0.15, -0.1) is 6.58 Å². The van der Waals surface area contributed by atoms with Gasteiger partial charge in [0, 0.05) is 12.0 Å².